The number of carbonyl (C=O) groups is 2. The third-order valence-corrected chi connectivity index (χ3v) is 5.49. The molecule has 1 saturated carbocycles. The van der Waals surface area contributed by atoms with Crippen LogP contribution in [0.2, 0.25) is 0 Å². The molecule has 3 atom stereocenters. The first-order chi connectivity index (χ1) is 12.9. The topological polar surface area (TPSA) is 116 Å². The fraction of sp³-hybridized carbons (Fsp3) is 0.500. The Morgan fingerprint density at radius 3 is 2.48 bits per heavy atom. The van der Waals surface area contributed by atoms with Gasteiger partial charge in [0.2, 0.25) is 0 Å². The fourth-order valence-electron chi connectivity index (χ4n) is 4.18. The van der Waals surface area contributed by atoms with Crippen LogP contribution in [0.4, 0.5) is 0 Å². The highest BCUT2D eigenvalue weighted by Gasteiger charge is 2.43. The van der Waals surface area contributed by atoms with E-state index in [1.807, 2.05) is 18.2 Å². The van der Waals surface area contributed by atoms with Crippen LogP contribution in [0.3, 0.4) is 0 Å². The van der Waals surface area contributed by atoms with Crippen LogP contribution < -0.4 is 5.32 Å². The van der Waals surface area contributed by atoms with E-state index < -0.39 is 30.3 Å². The van der Waals surface area contributed by atoms with Gasteiger partial charge in [-0.25, -0.2) is 9.59 Å². The van der Waals surface area contributed by atoms with Gasteiger partial charge in [-0.2, -0.15) is 0 Å². The molecule has 2 aliphatic rings. The molecule has 1 aromatic rings. The number of allylic oxidation sites excluding steroid dienone is 1. The first kappa shape index (κ1) is 19.5. The molecule has 3 unspecified atom stereocenters. The number of hydrogen-bond donors (Lipinski definition) is 4. The van der Waals surface area contributed by atoms with E-state index >= 15 is 0 Å². The molecular formula is C20H25NO6. The molecule has 0 radical (unpaired) electrons. The van der Waals surface area contributed by atoms with Gasteiger partial charge in [0.1, 0.15) is 6.10 Å². The molecule has 4 N–H and O–H groups in total. The smallest absolute Gasteiger partial charge is 0.339 e. The van der Waals surface area contributed by atoms with Crippen LogP contribution in [-0.2, 0) is 19.7 Å². The van der Waals surface area contributed by atoms with Crippen LogP contribution in [0.1, 0.15) is 36.8 Å². The zero-order chi connectivity index (χ0) is 19.6. The molecule has 7 heteroatoms. The SMILES string of the molecule is CNCC(OC(=O)C(O)C(O)C(=O)O)C1=CC2(CCCC2)c2ccccc21. The summed E-state index contributed by atoms with van der Waals surface area (Å²) < 4.78 is 5.42. The van der Waals surface area contributed by atoms with Crippen LogP contribution >= 0.6 is 0 Å². The van der Waals surface area contributed by atoms with Crippen LogP contribution in [0.25, 0.3) is 5.57 Å². The Hall–Kier alpha value is -2.22. The molecule has 0 bridgehead atoms. The molecule has 0 amide bonds. The maximum absolute atomic E-state index is 12.2. The van der Waals surface area contributed by atoms with Gasteiger partial charge in [-0.15, -0.1) is 0 Å². The van der Waals surface area contributed by atoms with Gasteiger partial charge < -0.3 is 25.4 Å². The summed E-state index contributed by atoms with van der Waals surface area (Å²) in [6, 6.07) is 8.03. The first-order valence-electron chi connectivity index (χ1n) is 9.16. The van der Waals surface area contributed by atoms with E-state index in [0.717, 1.165) is 36.8 Å². The summed E-state index contributed by atoms with van der Waals surface area (Å²) >= 11 is 0. The molecule has 7 nitrogen and oxygen atoms in total. The van der Waals surface area contributed by atoms with Gasteiger partial charge in [-0.1, -0.05) is 43.2 Å². The third kappa shape index (κ3) is 3.63. The Balaban J connectivity index is 1.89. The molecule has 146 valence electrons. The summed E-state index contributed by atoms with van der Waals surface area (Å²) in [5, 5.41) is 30.9. The molecular weight excluding hydrogens is 350 g/mol. The highest BCUT2D eigenvalue weighted by Crippen LogP contribution is 2.51. The minimum Gasteiger partial charge on any atom is -0.479 e. The number of benzene rings is 1. The maximum atomic E-state index is 12.2. The number of hydrogen-bond acceptors (Lipinski definition) is 6. The van der Waals surface area contributed by atoms with E-state index in [9.17, 15) is 19.8 Å². The Bertz CT molecular complexity index is 753. The zero-order valence-electron chi connectivity index (χ0n) is 15.2. The number of rotatable bonds is 7. The molecule has 0 saturated heterocycles. The van der Waals surface area contributed by atoms with Crippen molar-refractivity contribution in [2.24, 2.45) is 0 Å². The first-order valence-corrected chi connectivity index (χ1v) is 9.16. The minimum atomic E-state index is -2.22. The molecule has 0 aromatic heterocycles. The normalized spacial score (nSPS) is 20.6. The fourth-order valence-corrected chi connectivity index (χ4v) is 4.18. The summed E-state index contributed by atoms with van der Waals surface area (Å²) in [6.07, 6.45) is 1.45. The van der Waals surface area contributed by atoms with Gasteiger partial charge in [0.25, 0.3) is 0 Å². The van der Waals surface area contributed by atoms with Gasteiger partial charge in [-0.05, 0) is 36.6 Å². The van der Waals surface area contributed by atoms with Crippen LogP contribution in [-0.4, -0.2) is 59.2 Å². The monoisotopic (exact) mass is 375 g/mol. The molecule has 1 fully saturated rings. The molecule has 3 rings (SSSR count). The Morgan fingerprint density at radius 2 is 1.85 bits per heavy atom. The number of carboxylic acid groups (broad SMARTS) is 1. The lowest BCUT2D eigenvalue weighted by molar-refractivity contribution is -0.171. The van der Waals surface area contributed by atoms with Crippen molar-refractivity contribution < 1.29 is 29.6 Å². The van der Waals surface area contributed by atoms with Crippen LogP contribution in [0.5, 0.6) is 0 Å². The number of carbonyl (C=O) groups excluding carboxylic acids is 1. The molecule has 0 heterocycles. The van der Waals surface area contributed by atoms with Gasteiger partial charge in [0, 0.05) is 12.0 Å². The summed E-state index contributed by atoms with van der Waals surface area (Å²) in [6.45, 7) is 0.303. The lowest BCUT2D eigenvalue weighted by Crippen LogP contribution is -2.43. The average molecular weight is 375 g/mol. The largest absolute Gasteiger partial charge is 0.479 e. The number of fused-ring (bicyclic) bond motifs is 2. The summed E-state index contributed by atoms with van der Waals surface area (Å²) in [5.74, 6) is -2.84. The number of aliphatic carboxylic acids is 1. The third-order valence-electron chi connectivity index (χ3n) is 5.49. The van der Waals surface area contributed by atoms with E-state index in [-0.39, 0.29) is 5.41 Å². The summed E-state index contributed by atoms with van der Waals surface area (Å²) in [7, 11) is 1.72. The number of esters is 1. The summed E-state index contributed by atoms with van der Waals surface area (Å²) in [4.78, 5) is 23.0. The maximum Gasteiger partial charge on any atom is 0.339 e. The van der Waals surface area contributed by atoms with Crippen molar-refractivity contribution in [2.45, 2.75) is 49.4 Å². The number of ether oxygens (including phenoxy) is 1. The van der Waals surface area contributed by atoms with Gasteiger partial charge in [-0.3, -0.25) is 0 Å². The lowest BCUT2D eigenvalue weighted by atomic mass is 9.81. The van der Waals surface area contributed by atoms with E-state index in [1.54, 1.807) is 7.05 Å². The second-order valence-corrected chi connectivity index (χ2v) is 7.22. The predicted octanol–water partition coefficient (Wildman–Crippen LogP) is 0.833. The van der Waals surface area contributed by atoms with Crippen molar-refractivity contribution >= 4 is 17.5 Å². The molecule has 2 aliphatic carbocycles. The Morgan fingerprint density at radius 1 is 1.19 bits per heavy atom. The van der Waals surface area contributed by atoms with Crippen molar-refractivity contribution in [2.75, 3.05) is 13.6 Å². The highest BCUT2D eigenvalue weighted by atomic mass is 16.6. The highest BCUT2D eigenvalue weighted by molar-refractivity contribution is 5.86. The number of carboxylic acids is 1. The van der Waals surface area contributed by atoms with Crippen molar-refractivity contribution in [3.8, 4) is 0 Å². The second-order valence-electron chi connectivity index (χ2n) is 7.22. The number of aliphatic hydroxyl groups is 2. The standard InChI is InChI=1S/C20H25NO6/c1-21-11-15(27-19(26)17(23)16(22)18(24)25)13-10-20(8-4-5-9-20)14-7-3-2-6-12(13)14/h2-3,6-7,10,15-17,21-23H,4-5,8-9,11H2,1H3,(H,24,25). The van der Waals surface area contributed by atoms with Crippen molar-refractivity contribution in [1.82, 2.24) is 5.32 Å². The Kier molecular flexibility index (Phi) is 5.64. The molecule has 1 spiro atoms. The minimum absolute atomic E-state index is 0.0521. The van der Waals surface area contributed by atoms with E-state index in [1.165, 1.54) is 5.56 Å². The second kappa shape index (κ2) is 7.80. The predicted molar refractivity (Wildman–Crippen MR) is 98.0 cm³/mol. The molecule has 27 heavy (non-hydrogen) atoms. The quantitative estimate of drug-likeness (QED) is 0.522. The Labute approximate surface area is 157 Å². The number of aliphatic hydroxyl groups excluding tert-OH is 2. The van der Waals surface area contributed by atoms with Crippen LogP contribution in [0, 0.1) is 0 Å². The van der Waals surface area contributed by atoms with E-state index in [2.05, 4.69) is 17.5 Å². The van der Waals surface area contributed by atoms with E-state index in [0.29, 0.717) is 6.54 Å². The molecule has 1 aromatic carbocycles. The zero-order valence-corrected chi connectivity index (χ0v) is 15.2. The average Bonchev–Trinajstić information content (AvgIpc) is 3.26. The van der Waals surface area contributed by atoms with Crippen molar-refractivity contribution in [3.63, 3.8) is 0 Å². The van der Waals surface area contributed by atoms with Gasteiger partial charge in [0.05, 0.1) is 0 Å². The number of nitrogens with one attached hydrogen (secondary N) is 1. The van der Waals surface area contributed by atoms with Gasteiger partial charge in [0.15, 0.2) is 12.2 Å². The van der Waals surface area contributed by atoms with Crippen LogP contribution in [0.15, 0.2) is 30.3 Å². The van der Waals surface area contributed by atoms with Gasteiger partial charge >= 0.3 is 11.9 Å². The van der Waals surface area contributed by atoms with Crippen molar-refractivity contribution in [3.05, 3.63) is 41.5 Å². The lowest BCUT2D eigenvalue weighted by Gasteiger charge is -2.22. The number of likely N-dealkylation sites (N-methyl/N-ethyl adjacent to an activating group) is 1. The van der Waals surface area contributed by atoms with E-state index in [4.69, 9.17) is 9.84 Å². The van der Waals surface area contributed by atoms with Crippen molar-refractivity contribution in [1.29, 1.82) is 0 Å². The summed E-state index contributed by atoms with van der Waals surface area (Å²) in [5.41, 5.74) is 3.04. The molecule has 0 aliphatic heterocycles.